The Labute approximate surface area is 164 Å². The molecule has 0 amide bonds. The number of ether oxygens (including phenoxy) is 1. The molecule has 0 fully saturated rings. The molecule has 0 saturated heterocycles. The highest BCUT2D eigenvalue weighted by atomic mass is 16.5. The van der Waals surface area contributed by atoms with Crippen molar-refractivity contribution in [2.45, 2.75) is 19.8 Å². The van der Waals surface area contributed by atoms with Crippen molar-refractivity contribution in [2.75, 3.05) is 7.11 Å². The molecule has 0 radical (unpaired) electrons. The summed E-state index contributed by atoms with van der Waals surface area (Å²) in [4.78, 5) is 17.9. The highest BCUT2D eigenvalue weighted by Crippen LogP contribution is 2.29. The SMILES string of the molecule is CCCc1cc2cccc(-c3ccnc(OC)c3)c2c(=O)n1-c1ccccc1. The highest BCUT2D eigenvalue weighted by molar-refractivity contribution is 5.96. The molecule has 0 aliphatic rings. The van der Waals surface area contributed by atoms with Gasteiger partial charge in [0.1, 0.15) is 0 Å². The van der Waals surface area contributed by atoms with Crippen molar-refractivity contribution in [1.29, 1.82) is 0 Å². The van der Waals surface area contributed by atoms with Gasteiger partial charge < -0.3 is 4.74 Å². The standard InChI is InChI=1S/C24H22N2O2/c1-3-8-20-15-18-9-7-12-21(17-13-14-25-22(16-17)28-2)23(18)24(27)26(20)19-10-5-4-6-11-19/h4-7,9-16H,3,8H2,1-2H3. The van der Waals surface area contributed by atoms with Gasteiger partial charge in [0.2, 0.25) is 5.88 Å². The molecule has 4 aromatic rings. The van der Waals surface area contributed by atoms with Gasteiger partial charge in [-0.05, 0) is 47.2 Å². The van der Waals surface area contributed by atoms with Crippen LogP contribution in [0.15, 0.2) is 77.7 Å². The van der Waals surface area contributed by atoms with Crippen LogP contribution in [-0.4, -0.2) is 16.7 Å². The van der Waals surface area contributed by atoms with Crippen molar-refractivity contribution < 1.29 is 4.74 Å². The molecule has 0 bridgehead atoms. The maximum Gasteiger partial charge on any atom is 0.263 e. The number of benzene rings is 2. The molecule has 4 nitrogen and oxygen atoms in total. The number of methoxy groups -OCH3 is 1. The molecule has 2 aromatic heterocycles. The second-order valence-corrected chi connectivity index (χ2v) is 6.72. The van der Waals surface area contributed by atoms with E-state index in [1.54, 1.807) is 13.3 Å². The average molecular weight is 370 g/mol. The predicted molar refractivity (Wildman–Crippen MR) is 113 cm³/mol. The van der Waals surface area contributed by atoms with Gasteiger partial charge in [0.15, 0.2) is 0 Å². The van der Waals surface area contributed by atoms with Gasteiger partial charge in [-0.1, -0.05) is 49.7 Å². The van der Waals surface area contributed by atoms with E-state index in [1.165, 1.54) is 0 Å². The largest absolute Gasteiger partial charge is 0.481 e. The molecule has 0 aliphatic heterocycles. The van der Waals surface area contributed by atoms with Gasteiger partial charge in [0.25, 0.3) is 5.56 Å². The fourth-order valence-electron chi connectivity index (χ4n) is 3.64. The Morgan fingerprint density at radius 1 is 1.00 bits per heavy atom. The molecule has 2 heterocycles. The Morgan fingerprint density at radius 2 is 1.82 bits per heavy atom. The van der Waals surface area contributed by atoms with Crippen LogP contribution in [0.2, 0.25) is 0 Å². The average Bonchev–Trinajstić information content (AvgIpc) is 2.74. The van der Waals surface area contributed by atoms with Gasteiger partial charge >= 0.3 is 0 Å². The molecule has 28 heavy (non-hydrogen) atoms. The Morgan fingerprint density at radius 3 is 2.57 bits per heavy atom. The molecule has 140 valence electrons. The Kier molecular flexibility index (Phi) is 4.94. The highest BCUT2D eigenvalue weighted by Gasteiger charge is 2.15. The summed E-state index contributed by atoms with van der Waals surface area (Å²) in [5.74, 6) is 0.528. The second kappa shape index (κ2) is 7.69. The Balaban J connectivity index is 2.06. The van der Waals surface area contributed by atoms with Crippen LogP contribution in [0.4, 0.5) is 0 Å². The van der Waals surface area contributed by atoms with E-state index < -0.39 is 0 Å². The number of pyridine rings is 2. The van der Waals surface area contributed by atoms with Crippen molar-refractivity contribution >= 4 is 10.8 Å². The van der Waals surface area contributed by atoms with E-state index >= 15 is 0 Å². The van der Waals surface area contributed by atoms with Crippen molar-refractivity contribution in [2.24, 2.45) is 0 Å². The number of aryl methyl sites for hydroxylation is 1. The van der Waals surface area contributed by atoms with E-state index in [9.17, 15) is 4.79 Å². The second-order valence-electron chi connectivity index (χ2n) is 6.72. The number of para-hydroxylation sites is 1. The fourth-order valence-corrected chi connectivity index (χ4v) is 3.64. The monoisotopic (exact) mass is 370 g/mol. The van der Waals surface area contributed by atoms with E-state index in [4.69, 9.17) is 4.74 Å². The molecule has 0 N–H and O–H groups in total. The lowest BCUT2D eigenvalue weighted by atomic mass is 9.98. The molecule has 0 spiro atoms. The van der Waals surface area contributed by atoms with Gasteiger partial charge in [-0.15, -0.1) is 0 Å². The number of aromatic nitrogens is 2. The van der Waals surface area contributed by atoms with Crippen LogP contribution in [0, 0.1) is 0 Å². The van der Waals surface area contributed by atoms with Crippen LogP contribution in [0.3, 0.4) is 0 Å². The maximum atomic E-state index is 13.7. The minimum Gasteiger partial charge on any atom is -0.481 e. The summed E-state index contributed by atoms with van der Waals surface area (Å²) in [6.45, 7) is 2.13. The van der Waals surface area contributed by atoms with Crippen molar-refractivity contribution in [3.05, 3.63) is 89.0 Å². The normalized spacial score (nSPS) is 10.9. The van der Waals surface area contributed by atoms with E-state index in [1.807, 2.05) is 65.2 Å². The lowest BCUT2D eigenvalue weighted by Crippen LogP contribution is -2.22. The topological polar surface area (TPSA) is 44.1 Å². The Hall–Kier alpha value is -3.40. The van der Waals surface area contributed by atoms with Crippen LogP contribution in [-0.2, 0) is 6.42 Å². The number of hydrogen-bond donors (Lipinski definition) is 0. The number of rotatable bonds is 5. The summed E-state index contributed by atoms with van der Waals surface area (Å²) in [7, 11) is 1.59. The molecular weight excluding hydrogens is 348 g/mol. The maximum absolute atomic E-state index is 13.7. The third-order valence-corrected chi connectivity index (χ3v) is 4.90. The molecular formula is C24H22N2O2. The van der Waals surface area contributed by atoms with E-state index in [-0.39, 0.29) is 5.56 Å². The zero-order valence-electron chi connectivity index (χ0n) is 16.1. The van der Waals surface area contributed by atoms with Gasteiger partial charge in [-0.3, -0.25) is 9.36 Å². The molecule has 0 unspecified atom stereocenters. The third-order valence-electron chi connectivity index (χ3n) is 4.90. The number of nitrogens with zero attached hydrogens (tertiary/aromatic N) is 2. The summed E-state index contributed by atoms with van der Waals surface area (Å²) < 4.78 is 7.11. The Bertz CT molecular complexity index is 1180. The van der Waals surface area contributed by atoms with E-state index in [0.717, 1.165) is 40.7 Å². The first-order chi connectivity index (χ1) is 13.7. The summed E-state index contributed by atoms with van der Waals surface area (Å²) in [6, 6.07) is 21.7. The molecule has 2 aromatic carbocycles. The molecule has 4 heteroatoms. The first-order valence-electron chi connectivity index (χ1n) is 9.46. The summed E-state index contributed by atoms with van der Waals surface area (Å²) in [5, 5.41) is 1.66. The van der Waals surface area contributed by atoms with Crippen molar-refractivity contribution in [3.8, 4) is 22.7 Å². The number of hydrogen-bond acceptors (Lipinski definition) is 3. The lowest BCUT2D eigenvalue weighted by Gasteiger charge is -2.16. The van der Waals surface area contributed by atoms with Gasteiger partial charge in [0.05, 0.1) is 12.5 Å². The first kappa shape index (κ1) is 18.0. The van der Waals surface area contributed by atoms with Crippen LogP contribution >= 0.6 is 0 Å². The van der Waals surface area contributed by atoms with Crippen molar-refractivity contribution in [3.63, 3.8) is 0 Å². The lowest BCUT2D eigenvalue weighted by molar-refractivity contribution is 0.398. The zero-order valence-corrected chi connectivity index (χ0v) is 16.1. The van der Waals surface area contributed by atoms with Crippen LogP contribution < -0.4 is 10.3 Å². The van der Waals surface area contributed by atoms with Crippen LogP contribution in [0.5, 0.6) is 5.88 Å². The predicted octanol–water partition coefficient (Wildman–Crippen LogP) is 5.01. The van der Waals surface area contributed by atoms with Gasteiger partial charge in [-0.2, -0.15) is 0 Å². The van der Waals surface area contributed by atoms with Crippen LogP contribution in [0.25, 0.3) is 27.6 Å². The minimum absolute atomic E-state index is 0.00136. The molecule has 0 aliphatic carbocycles. The smallest absolute Gasteiger partial charge is 0.263 e. The number of fused-ring (bicyclic) bond motifs is 1. The van der Waals surface area contributed by atoms with E-state index in [0.29, 0.717) is 11.3 Å². The van der Waals surface area contributed by atoms with Gasteiger partial charge in [0, 0.05) is 23.6 Å². The zero-order chi connectivity index (χ0) is 19.5. The summed E-state index contributed by atoms with van der Waals surface area (Å²) in [5.41, 5.74) is 3.71. The minimum atomic E-state index is -0.00136. The quantitative estimate of drug-likeness (QED) is 0.496. The fraction of sp³-hybridized carbons (Fsp3) is 0.167. The molecule has 0 saturated carbocycles. The summed E-state index contributed by atoms with van der Waals surface area (Å²) >= 11 is 0. The van der Waals surface area contributed by atoms with E-state index in [2.05, 4.69) is 18.0 Å². The van der Waals surface area contributed by atoms with Crippen molar-refractivity contribution in [1.82, 2.24) is 9.55 Å². The molecule has 0 atom stereocenters. The first-order valence-corrected chi connectivity index (χ1v) is 9.46. The summed E-state index contributed by atoms with van der Waals surface area (Å²) in [6.07, 6.45) is 3.51. The van der Waals surface area contributed by atoms with Crippen LogP contribution in [0.1, 0.15) is 19.0 Å². The third kappa shape index (κ3) is 3.18. The van der Waals surface area contributed by atoms with Gasteiger partial charge in [-0.25, -0.2) is 4.98 Å². The molecule has 4 rings (SSSR count).